The van der Waals surface area contributed by atoms with Crippen LogP contribution in [0, 0.1) is 25.2 Å². The van der Waals surface area contributed by atoms with Crippen LogP contribution in [0.25, 0.3) is 11.3 Å². The van der Waals surface area contributed by atoms with Crippen LogP contribution in [-0.4, -0.2) is 47.1 Å². The molecule has 168 valence electrons. The van der Waals surface area contributed by atoms with Crippen molar-refractivity contribution in [1.29, 1.82) is 5.26 Å². The van der Waals surface area contributed by atoms with E-state index in [9.17, 15) is 4.79 Å². The molecule has 0 atom stereocenters. The molecule has 2 fully saturated rings. The maximum Gasteiger partial charge on any atom is 0.254 e. The number of alkyl halides is 1. The van der Waals surface area contributed by atoms with Crippen molar-refractivity contribution in [3.05, 3.63) is 76.2 Å². The number of likely N-dealkylation sites (tertiary alicyclic amines) is 1. The first-order chi connectivity index (χ1) is 15.7. The predicted octanol–water partition coefficient (Wildman–Crippen LogP) is 4.17. The average molecular weight is 445 g/mol. The number of carbonyl (C=O) groups is 1. The van der Waals surface area contributed by atoms with E-state index in [4.69, 9.17) is 15.0 Å². The Bertz CT molecular complexity index is 1280. The Morgan fingerprint density at radius 1 is 1.18 bits per heavy atom. The number of imidazole rings is 1. The summed E-state index contributed by atoms with van der Waals surface area (Å²) in [5, 5.41) is 8.93. The minimum atomic E-state index is -1.59. The number of ether oxygens (including phenoxy) is 1. The van der Waals surface area contributed by atoms with Gasteiger partial charge in [-0.3, -0.25) is 4.79 Å². The molecule has 0 unspecified atom stereocenters. The molecule has 5 rings (SSSR count). The number of nitrogens with zero attached hydrogens (tertiary/aromatic N) is 3. The summed E-state index contributed by atoms with van der Waals surface area (Å²) in [6.07, 6.45) is 0. The lowest BCUT2D eigenvalue weighted by Crippen LogP contribution is -2.58. The highest BCUT2D eigenvalue weighted by Gasteiger charge is 2.47. The number of hydrogen-bond donors (Lipinski definition) is 1. The van der Waals surface area contributed by atoms with E-state index in [2.05, 4.69) is 11.9 Å². The highest BCUT2D eigenvalue weighted by molar-refractivity contribution is 5.96. The van der Waals surface area contributed by atoms with Crippen LogP contribution in [0.1, 0.15) is 45.5 Å². The zero-order valence-electron chi connectivity index (χ0n) is 18.9. The highest BCUT2D eigenvalue weighted by atomic mass is 19.1. The van der Waals surface area contributed by atoms with Crippen molar-refractivity contribution in [1.82, 2.24) is 14.9 Å². The summed E-state index contributed by atoms with van der Waals surface area (Å²) >= 11 is 0. The fourth-order valence-electron chi connectivity index (χ4n) is 4.49. The number of H-pyrrole nitrogens is 1. The van der Waals surface area contributed by atoms with Crippen molar-refractivity contribution >= 4 is 5.91 Å². The molecule has 33 heavy (non-hydrogen) atoms. The van der Waals surface area contributed by atoms with Crippen LogP contribution >= 0.6 is 0 Å². The Morgan fingerprint density at radius 2 is 1.88 bits per heavy atom. The number of aryl methyl sites for hydroxylation is 2. The van der Waals surface area contributed by atoms with Crippen LogP contribution in [0.15, 0.2) is 42.5 Å². The number of nitriles is 1. The lowest BCUT2D eigenvalue weighted by atomic mass is 9.87. The van der Waals surface area contributed by atoms with E-state index < -0.39 is 5.67 Å². The molecule has 1 N–H and O–H groups in total. The molecule has 3 aromatic rings. The second kappa shape index (κ2) is 7.53. The topological polar surface area (TPSA) is 82.0 Å². The van der Waals surface area contributed by atoms with Gasteiger partial charge in [0.25, 0.3) is 5.91 Å². The molecule has 6 nitrogen and oxygen atoms in total. The molecule has 0 bridgehead atoms. The molecule has 0 aliphatic carbocycles. The van der Waals surface area contributed by atoms with Gasteiger partial charge >= 0.3 is 0 Å². The number of aromatic nitrogens is 2. The van der Waals surface area contributed by atoms with E-state index in [0.29, 0.717) is 29.9 Å². The molecule has 2 aliphatic rings. The van der Waals surface area contributed by atoms with Gasteiger partial charge in [0.15, 0.2) is 5.67 Å². The van der Waals surface area contributed by atoms with E-state index in [-0.39, 0.29) is 24.4 Å². The molecule has 0 saturated carbocycles. The van der Waals surface area contributed by atoms with Gasteiger partial charge in [-0.1, -0.05) is 18.2 Å². The van der Waals surface area contributed by atoms with E-state index in [1.165, 1.54) is 4.90 Å². The van der Waals surface area contributed by atoms with Gasteiger partial charge in [-0.2, -0.15) is 5.26 Å². The first kappa shape index (κ1) is 21.4. The van der Waals surface area contributed by atoms with Gasteiger partial charge < -0.3 is 14.6 Å². The molecule has 0 radical (unpaired) electrons. The molecule has 1 aromatic heterocycles. The van der Waals surface area contributed by atoms with Crippen LogP contribution < -0.4 is 0 Å². The number of amides is 1. The van der Waals surface area contributed by atoms with E-state index in [1.54, 1.807) is 30.3 Å². The van der Waals surface area contributed by atoms with Crippen LogP contribution in [0.3, 0.4) is 0 Å². The zero-order chi connectivity index (χ0) is 23.4. The predicted molar refractivity (Wildman–Crippen MR) is 122 cm³/mol. The number of hydrogen-bond acceptors (Lipinski definition) is 4. The van der Waals surface area contributed by atoms with E-state index >= 15 is 4.39 Å². The summed E-state index contributed by atoms with van der Waals surface area (Å²) < 4.78 is 20.7. The first-order valence-electron chi connectivity index (χ1n) is 11.0. The van der Waals surface area contributed by atoms with Gasteiger partial charge in [-0.25, -0.2) is 9.37 Å². The molecule has 0 spiro atoms. The number of carbonyl (C=O) groups excluding carboxylic acids is 1. The number of benzene rings is 2. The van der Waals surface area contributed by atoms with Crippen LogP contribution in [0.5, 0.6) is 0 Å². The fraction of sp³-hybridized carbons (Fsp3) is 0.346. The maximum atomic E-state index is 15.3. The molecule has 2 aliphatic heterocycles. The lowest BCUT2D eigenvalue weighted by Gasteiger charge is -2.44. The quantitative estimate of drug-likeness (QED) is 0.655. The lowest BCUT2D eigenvalue weighted by molar-refractivity contribution is -0.0539. The minimum absolute atomic E-state index is 0.00741. The highest BCUT2D eigenvalue weighted by Crippen LogP contribution is 2.38. The van der Waals surface area contributed by atoms with E-state index in [1.807, 2.05) is 32.0 Å². The Morgan fingerprint density at radius 3 is 2.48 bits per heavy atom. The van der Waals surface area contributed by atoms with Crippen molar-refractivity contribution in [2.75, 3.05) is 26.3 Å². The summed E-state index contributed by atoms with van der Waals surface area (Å²) in [6, 6.07) is 14.0. The van der Waals surface area contributed by atoms with Crippen LogP contribution in [0.4, 0.5) is 4.39 Å². The number of halogens is 1. The van der Waals surface area contributed by atoms with Crippen molar-refractivity contribution < 1.29 is 13.9 Å². The van der Waals surface area contributed by atoms with Crippen LogP contribution in [0.2, 0.25) is 0 Å². The molecule has 7 heteroatoms. The number of rotatable bonds is 4. The Kier molecular flexibility index (Phi) is 4.87. The first-order valence-corrected chi connectivity index (χ1v) is 11.0. The maximum absolute atomic E-state index is 15.3. The molecule has 3 heterocycles. The standard InChI is InChI=1S/C26H25FN4O2/c1-16-4-7-19(10-21(16)22-17(2)29-24(30-22)25(3)14-33-15-25)23(32)31-12-26(27,13-31)20-8-5-18(11-28)6-9-20/h4-10H,12-15H2,1-3H3,(H,29,30). The molecular formula is C26H25FN4O2. The third-order valence-corrected chi connectivity index (χ3v) is 6.75. The summed E-state index contributed by atoms with van der Waals surface area (Å²) in [7, 11) is 0. The average Bonchev–Trinajstić information content (AvgIpc) is 3.17. The van der Waals surface area contributed by atoms with Gasteiger partial charge in [-0.05, 0) is 56.2 Å². The van der Waals surface area contributed by atoms with Gasteiger partial charge in [-0.15, -0.1) is 0 Å². The van der Waals surface area contributed by atoms with Crippen molar-refractivity contribution in [3.63, 3.8) is 0 Å². The van der Waals surface area contributed by atoms with E-state index in [0.717, 1.165) is 28.3 Å². The summed E-state index contributed by atoms with van der Waals surface area (Å²) in [6.45, 7) is 7.33. The fourth-order valence-corrected chi connectivity index (χ4v) is 4.49. The van der Waals surface area contributed by atoms with Crippen molar-refractivity contribution in [2.45, 2.75) is 31.9 Å². The third-order valence-electron chi connectivity index (χ3n) is 6.75. The summed E-state index contributed by atoms with van der Waals surface area (Å²) in [5.74, 6) is 0.694. The molecule has 1 amide bonds. The van der Waals surface area contributed by atoms with Gasteiger partial charge in [0, 0.05) is 11.1 Å². The van der Waals surface area contributed by atoms with Gasteiger partial charge in [0.1, 0.15) is 5.82 Å². The molecule has 2 saturated heterocycles. The largest absolute Gasteiger partial charge is 0.379 e. The van der Waals surface area contributed by atoms with Gasteiger partial charge in [0.05, 0.1) is 54.7 Å². The Labute approximate surface area is 192 Å². The number of nitrogens with one attached hydrogen (secondary N) is 1. The Hall–Kier alpha value is -3.50. The molecule has 2 aromatic carbocycles. The minimum Gasteiger partial charge on any atom is -0.379 e. The van der Waals surface area contributed by atoms with Crippen molar-refractivity contribution in [3.8, 4) is 17.3 Å². The third kappa shape index (κ3) is 3.51. The summed E-state index contributed by atoms with van der Waals surface area (Å²) in [4.78, 5) is 22.8. The SMILES string of the molecule is Cc1ccc(C(=O)N2CC(F)(c3ccc(C#N)cc3)C2)cc1-c1[nH]c(C2(C)COC2)nc1C. The van der Waals surface area contributed by atoms with Crippen molar-refractivity contribution in [2.24, 2.45) is 0 Å². The summed E-state index contributed by atoms with van der Waals surface area (Å²) in [5.41, 5.74) is 3.50. The Balaban J connectivity index is 1.37. The van der Waals surface area contributed by atoms with Gasteiger partial charge in [0.2, 0.25) is 0 Å². The molecular weight excluding hydrogens is 419 g/mol. The second-order valence-electron chi connectivity index (χ2n) is 9.44. The number of aromatic amines is 1. The second-order valence-corrected chi connectivity index (χ2v) is 9.44. The monoisotopic (exact) mass is 444 g/mol. The van der Waals surface area contributed by atoms with Crippen LogP contribution in [-0.2, 0) is 15.8 Å². The smallest absolute Gasteiger partial charge is 0.254 e. The normalized spacial score (nSPS) is 18.2. The zero-order valence-corrected chi connectivity index (χ0v) is 18.9.